The van der Waals surface area contributed by atoms with Gasteiger partial charge in [-0.25, -0.2) is 9.78 Å². The number of fused-ring (bicyclic) bond motifs is 1. The summed E-state index contributed by atoms with van der Waals surface area (Å²) in [5, 5.41) is 10.1. The summed E-state index contributed by atoms with van der Waals surface area (Å²) in [5.74, 6) is -0.407. The highest BCUT2D eigenvalue weighted by Crippen LogP contribution is 2.30. The normalized spacial score (nSPS) is 11.8. The molecule has 3 rings (SSSR count). The monoisotopic (exact) mass is 410 g/mol. The molecule has 0 amide bonds. The number of benzene rings is 1. The summed E-state index contributed by atoms with van der Waals surface area (Å²) in [7, 11) is 1.28. The van der Waals surface area contributed by atoms with Crippen molar-refractivity contribution >= 4 is 61.8 Å². The molecule has 0 saturated carbocycles. The minimum atomic E-state index is -0.521. The number of phenolic OH excluding ortho intramolecular Hbond substituents is 1. The summed E-state index contributed by atoms with van der Waals surface area (Å²) >= 11 is 13.2. The number of aromatic hydroxyl groups is 1. The molecule has 1 aromatic carbocycles. The summed E-state index contributed by atoms with van der Waals surface area (Å²) in [6.07, 6.45) is 1.55. The van der Waals surface area contributed by atoms with Crippen LogP contribution in [0, 0.1) is 6.92 Å². The molecule has 2 aromatic heterocycles. The van der Waals surface area contributed by atoms with E-state index in [0.717, 1.165) is 11.3 Å². The molecule has 0 radical (unpaired) electrons. The van der Waals surface area contributed by atoms with Crippen molar-refractivity contribution in [2.24, 2.45) is 0 Å². The molecular formula is C17H12Cl2N2O4S. The Morgan fingerprint density at radius 3 is 2.81 bits per heavy atom. The number of carbonyl (C=O) groups is 1. The molecule has 0 aliphatic heterocycles. The molecule has 0 atom stereocenters. The number of nitrogens with zero attached hydrogens (tertiary/aromatic N) is 1. The minimum Gasteiger partial charge on any atom is -0.506 e. The second kappa shape index (κ2) is 7.11. The summed E-state index contributed by atoms with van der Waals surface area (Å²) in [5.41, 5.74) is 0.741. The summed E-state index contributed by atoms with van der Waals surface area (Å²) in [6, 6.07) is 4.58. The average Bonchev–Trinajstić information content (AvgIpc) is 2.94. The van der Waals surface area contributed by atoms with Gasteiger partial charge in [0.05, 0.1) is 22.6 Å². The molecule has 0 bridgehead atoms. The van der Waals surface area contributed by atoms with Gasteiger partial charge >= 0.3 is 5.97 Å². The fourth-order valence-electron chi connectivity index (χ4n) is 2.37. The van der Waals surface area contributed by atoms with Crippen LogP contribution in [0.1, 0.15) is 26.6 Å². The maximum Gasteiger partial charge on any atom is 0.348 e. The lowest BCUT2D eigenvalue weighted by Gasteiger charge is -2.02. The smallest absolute Gasteiger partial charge is 0.348 e. The molecule has 0 aliphatic carbocycles. The van der Waals surface area contributed by atoms with Crippen molar-refractivity contribution in [2.45, 2.75) is 6.92 Å². The predicted molar refractivity (Wildman–Crippen MR) is 103 cm³/mol. The molecule has 0 fully saturated rings. The van der Waals surface area contributed by atoms with E-state index in [9.17, 15) is 14.7 Å². The van der Waals surface area contributed by atoms with Gasteiger partial charge in [-0.1, -0.05) is 29.3 Å². The van der Waals surface area contributed by atoms with Gasteiger partial charge in [-0.2, -0.15) is 0 Å². The van der Waals surface area contributed by atoms with E-state index >= 15 is 0 Å². The lowest BCUT2D eigenvalue weighted by atomic mass is 10.2. The zero-order valence-corrected chi connectivity index (χ0v) is 15.9. The predicted octanol–water partition coefficient (Wildman–Crippen LogP) is 4.18. The highest BCUT2D eigenvalue weighted by atomic mass is 35.5. The van der Waals surface area contributed by atoms with Crippen LogP contribution in [0.2, 0.25) is 5.02 Å². The van der Waals surface area contributed by atoms with Crippen LogP contribution >= 0.6 is 34.5 Å². The first-order valence-corrected chi connectivity index (χ1v) is 8.87. The zero-order valence-electron chi connectivity index (χ0n) is 13.6. The van der Waals surface area contributed by atoms with E-state index < -0.39 is 11.5 Å². The highest BCUT2D eigenvalue weighted by Gasteiger charge is 2.20. The maximum atomic E-state index is 12.4. The van der Waals surface area contributed by atoms with Gasteiger partial charge in [0, 0.05) is 0 Å². The van der Waals surface area contributed by atoms with E-state index in [1.165, 1.54) is 19.2 Å². The zero-order chi connectivity index (χ0) is 19.0. The van der Waals surface area contributed by atoms with Crippen molar-refractivity contribution in [1.29, 1.82) is 0 Å². The Bertz CT molecular complexity index is 1120. The third-order valence-corrected chi connectivity index (χ3v) is 5.42. The number of thiophene rings is 1. The third-order valence-electron chi connectivity index (χ3n) is 3.66. The van der Waals surface area contributed by atoms with Crippen LogP contribution in [0.25, 0.3) is 21.3 Å². The number of hydrogen-bond acceptors (Lipinski definition) is 6. The topological polar surface area (TPSA) is 92.3 Å². The third kappa shape index (κ3) is 3.33. The molecule has 6 nitrogen and oxygen atoms in total. The number of hydrogen-bond donors (Lipinski definition) is 2. The summed E-state index contributed by atoms with van der Waals surface area (Å²) < 4.78 is 4.73. The number of phenols is 1. The number of nitrogens with one attached hydrogen (secondary N) is 1. The number of carbonyl (C=O) groups excluding carboxylic acids is 1. The van der Waals surface area contributed by atoms with Crippen LogP contribution in [0.3, 0.4) is 0 Å². The minimum absolute atomic E-state index is 0.0442. The van der Waals surface area contributed by atoms with Crippen LogP contribution in [0.5, 0.6) is 5.75 Å². The van der Waals surface area contributed by atoms with Gasteiger partial charge in [-0.05, 0) is 36.3 Å². The second-order valence-corrected chi connectivity index (χ2v) is 7.16. The van der Waals surface area contributed by atoms with Gasteiger partial charge in [0.2, 0.25) is 0 Å². The van der Waals surface area contributed by atoms with Crippen LogP contribution in [0.15, 0.2) is 23.0 Å². The molecule has 26 heavy (non-hydrogen) atoms. The van der Waals surface area contributed by atoms with Gasteiger partial charge in [-0.15, -0.1) is 11.3 Å². The number of aryl methyl sites for hydroxylation is 1. The molecule has 0 spiro atoms. The van der Waals surface area contributed by atoms with Crippen molar-refractivity contribution in [3.05, 3.63) is 55.4 Å². The SMILES string of the molecule is COC(=O)c1sc2nc(C(Cl)=Cc3ccc(O)c(Cl)c3)[nH]c(=O)c2c1C. The molecule has 3 aromatic rings. The van der Waals surface area contributed by atoms with Crippen LogP contribution < -0.4 is 5.56 Å². The molecular weight excluding hydrogens is 399 g/mol. The molecule has 0 saturated heterocycles. The van der Waals surface area contributed by atoms with E-state index in [1.807, 2.05) is 0 Å². The number of aromatic nitrogens is 2. The van der Waals surface area contributed by atoms with E-state index in [0.29, 0.717) is 26.2 Å². The fourth-order valence-corrected chi connectivity index (χ4v) is 3.88. The fraction of sp³-hybridized carbons (Fsp3) is 0.118. The number of rotatable bonds is 3. The first kappa shape index (κ1) is 18.4. The first-order chi connectivity index (χ1) is 12.3. The summed E-state index contributed by atoms with van der Waals surface area (Å²) in [4.78, 5) is 31.9. The number of methoxy groups -OCH3 is 1. The van der Waals surface area contributed by atoms with Crippen molar-refractivity contribution in [3.63, 3.8) is 0 Å². The average molecular weight is 411 g/mol. The lowest BCUT2D eigenvalue weighted by Crippen LogP contribution is -2.10. The number of H-pyrrole nitrogens is 1. The Labute approximate surface area is 161 Å². The Balaban J connectivity index is 2.10. The molecule has 2 heterocycles. The van der Waals surface area contributed by atoms with Crippen molar-refractivity contribution in [3.8, 4) is 5.75 Å². The number of aromatic amines is 1. The molecule has 134 valence electrons. The van der Waals surface area contributed by atoms with Gasteiger partial charge in [0.25, 0.3) is 5.56 Å². The van der Waals surface area contributed by atoms with Gasteiger partial charge in [0.15, 0.2) is 5.82 Å². The Morgan fingerprint density at radius 2 is 2.15 bits per heavy atom. The Hall–Kier alpha value is -2.35. The Morgan fingerprint density at radius 1 is 1.42 bits per heavy atom. The number of esters is 1. The van der Waals surface area contributed by atoms with Gasteiger partial charge < -0.3 is 14.8 Å². The van der Waals surface area contributed by atoms with E-state index in [2.05, 4.69) is 9.97 Å². The summed E-state index contributed by atoms with van der Waals surface area (Å²) in [6.45, 7) is 1.66. The van der Waals surface area contributed by atoms with Crippen LogP contribution in [0.4, 0.5) is 0 Å². The molecule has 0 unspecified atom stereocenters. The Kier molecular flexibility index (Phi) is 5.04. The quantitative estimate of drug-likeness (QED) is 0.631. The standard InChI is InChI=1S/C17H12Cl2N2O4S/c1-7-12-15(23)20-14(21-16(12)26-13(7)17(24)25-2)10(19)6-8-3-4-11(22)9(18)5-8/h3-6,22H,1-2H3,(H,20,21,23). The van der Waals surface area contributed by atoms with Crippen molar-refractivity contribution in [2.75, 3.05) is 7.11 Å². The first-order valence-electron chi connectivity index (χ1n) is 7.29. The molecule has 2 N–H and O–H groups in total. The van der Waals surface area contributed by atoms with E-state index in [-0.39, 0.29) is 21.6 Å². The number of halogens is 2. The largest absolute Gasteiger partial charge is 0.506 e. The molecule has 0 aliphatic rings. The number of ether oxygens (including phenoxy) is 1. The highest BCUT2D eigenvalue weighted by molar-refractivity contribution is 7.20. The maximum absolute atomic E-state index is 12.4. The lowest BCUT2D eigenvalue weighted by molar-refractivity contribution is 0.0605. The van der Waals surface area contributed by atoms with Crippen molar-refractivity contribution in [1.82, 2.24) is 9.97 Å². The van der Waals surface area contributed by atoms with Crippen LogP contribution in [-0.4, -0.2) is 28.2 Å². The molecule has 9 heteroatoms. The second-order valence-electron chi connectivity index (χ2n) is 5.35. The van der Waals surface area contributed by atoms with Gasteiger partial charge in [0.1, 0.15) is 15.5 Å². The van der Waals surface area contributed by atoms with Crippen molar-refractivity contribution < 1.29 is 14.6 Å². The van der Waals surface area contributed by atoms with Crippen LogP contribution in [-0.2, 0) is 4.74 Å². The van der Waals surface area contributed by atoms with Gasteiger partial charge in [-0.3, -0.25) is 4.79 Å². The van der Waals surface area contributed by atoms with E-state index in [1.54, 1.807) is 19.1 Å². The van der Waals surface area contributed by atoms with E-state index in [4.69, 9.17) is 27.9 Å².